The molecular formula is C25H25ClF3N5O3. The summed E-state index contributed by atoms with van der Waals surface area (Å²) < 4.78 is 47.7. The average molecular weight is 536 g/mol. The third-order valence-corrected chi connectivity index (χ3v) is 6.68. The second-order valence-electron chi connectivity index (χ2n) is 8.72. The van der Waals surface area contributed by atoms with Crippen molar-refractivity contribution in [3.63, 3.8) is 0 Å². The molecule has 2 atom stereocenters. The number of benzene rings is 2. The minimum atomic E-state index is -0.749. The summed E-state index contributed by atoms with van der Waals surface area (Å²) in [4.78, 5) is 30.4. The summed E-state index contributed by atoms with van der Waals surface area (Å²) in [6, 6.07) is 3.86. The summed E-state index contributed by atoms with van der Waals surface area (Å²) in [7, 11) is 1.49. The quantitative estimate of drug-likeness (QED) is 0.493. The summed E-state index contributed by atoms with van der Waals surface area (Å²) in [5.74, 6) is -2.82. The highest BCUT2D eigenvalue weighted by Gasteiger charge is 2.33. The Morgan fingerprint density at radius 3 is 2.49 bits per heavy atom. The van der Waals surface area contributed by atoms with Crippen LogP contribution in [0.1, 0.15) is 29.3 Å². The van der Waals surface area contributed by atoms with E-state index in [0.717, 1.165) is 30.3 Å². The van der Waals surface area contributed by atoms with Gasteiger partial charge in [-0.3, -0.25) is 9.79 Å². The first kappa shape index (κ1) is 26.3. The molecule has 12 heteroatoms. The number of nitrogens with one attached hydrogen (secondary N) is 2. The molecule has 0 aliphatic carbocycles. The van der Waals surface area contributed by atoms with E-state index in [2.05, 4.69) is 15.6 Å². The van der Waals surface area contributed by atoms with Crippen LogP contribution in [0.2, 0.25) is 5.02 Å². The second kappa shape index (κ2) is 10.7. The lowest BCUT2D eigenvalue weighted by molar-refractivity contribution is 0.0705. The third kappa shape index (κ3) is 5.51. The van der Waals surface area contributed by atoms with Crippen LogP contribution in [0.5, 0.6) is 5.75 Å². The number of carbonyl (C=O) groups is 2. The smallest absolute Gasteiger partial charge is 0.315 e. The Morgan fingerprint density at radius 1 is 1.19 bits per heavy atom. The van der Waals surface area contributed by atoms with E-state index >= 15 is 0 Å². The van der Waals surface area contributed by atoms with Crippen molar-refractivity contribution in [1.82, 2.24) is 15.5 Å². The van der Waals surface area contributed by atoms with Crippen LogP contribution in [-0.2, 0) is 0 Å². The monoisotopic (exact) mass is 535 g/mol. The van der Waals surface area contributed by atoms with Crippen molar-refractivity contribution < 1.29 is 27.5 Å². The summed E-state index contributed by atoms with van der Waals surface area (Å²) in [5.41, 5.74) is 7.69. The van der Waals surface area contributed by atoms with Crippen LogP contribution in [0.25, 0.3) is 0 Å². The predicted molar refractivity (Wildman–Crippen MR) is 132 cm³/mol. The molecule has 2 heterocycles. The number of carbonyl (C=O) groups excluding carboxylic acids is 2. The van der Waals surface area contributed by atoms with E-state index < -0.39 is 29.4 Å². The van der Waals surface area contributed by atoms with Crippen LogP contribution in [0.3, 0.4) is 0 Å². The van der Waals surface area contributed by atoms with Crippen LogP contribution >= 0.6 is 11.6 Å². The number of aliphatic imine (C=N–C) groups is 1. The Hall–Kier alpha value is -3.73. The van der Waals surface area contributed by atoms with Gasteiger partial charge in [0.1, 0.15) is 29.8 Å². The lowest BCUT2D eigenvalue weighted by Crippen LogP contribution is -2.46. The first-order chi connectivity index (χ1) is 17.6. The maximum absolute atomic E-state index is 14.4. The van der Waals surface area contributed by atoms with Crippen LogP contribution < -0.4 is 21.1 Å². The summed E-state index contributed by atoms with van der Waals surface area (Å²) in [6.07, 6.45) is 0.247. The van der Waals surface area contributed by atoms with E-state index in [4.69, 9.17) is 22.1 Å². The molecule has 2 aliphatic rings. The van der Waals surface area contributed by atoms with Gasteiger partial charge >= 0.3 is 6.03 Å². The number of rotatable bonds is 6. The highest BCUT2D eigenvalue weighted by atomic mass is 35.5. The van der Waals surface area contributed by atoms with Gasteiger partial charge in [0, 0.05) is 49.1 Å². The van der Waals surface area contributed by atoms with Gasteiger partial charge in [0.2, 0.25) is 0 Å². The molecule has 0 unspecified atom stereocenters. The Balaban J connectivity index is 1.57. The number of amides is 3. The number of ether oxygens (including phenoxy) is 1. The van der Waals surface area contributed by atoms with Gasteiger partial charge in [-0.2, -0.15) is 0 Å². The molecule has 2 aromatic rings. The molecule has 1 fully saturated rings. The SMILES string of the molecule is CN=C(C1=C(N)[C@@H](C)N(C(=O)c2cc(F)cc(OC[C@@H]3CNC(=O)N3)c2Cl)CC1)c1cc(F)cc(F)c1. The number of nitrogens with zero attached hydrogens (tertiary/aromatic N) is 2. The Kier molecular flexibility index (Phi) is 7.63. The third-order valence-electron chi connectivity index (χ3n) is 6.29. The zero-order valence-corrected chi connectivity index (χ0v) is 20.8. The van der Waals surface area contributed by atoms with Crippen LogP contribution in [0.15, 0.2) is 46.6 Å². The van der Waals surface area contributed by atoms with E-state index in [-0.39, 0.29) is 53.5 Å². The largest absolute Gasteiger partial charge is 0.490 e. The highest BCUT2D eigenvalue weighted by molar-refractivity contribution is 6.35. The van der Waals surface area contributed by atoms with Gasteiger partial charge in [0.05, 0.1) is 28.4 Å². The van der Waals surface area contributed by atoms with Crippen molar-refractivity contribution >= 4 is 29.3 Å². The molecule has 0 saturated carbocycles. The Bertz CT molecular complexity index is 1300. The van der Waals surface area contributed by atoms with Gasteiger partial charge in [-0.15, -0.1) is 0 Å². The fourth-order valence-electron chi connectivity index (χ4n) is 4.43. The lowest BCUT2D eigenvalue weighted by Gasteiger charge is -2.36. The molecule has 2 aromatic carbocycles. The first-order valence-corrected chi connectivity index (χ1v) is 11.9. The maximum Gasteiger partial charge on any atom is 0.315 e. The molecule has 37 heavy (non-hydrogen) atoms. The second-order valence-corrected chi connectivity index (χ2v) is 9.09. The van der Waals surface area contributed by atoms with Crippen LogP contribution in [-0.4, -0.2) is 61.4 Å². The van der Waals surface area contributed by atoms with Gasteiger partial charge in [-0.05, 0) is 31.5 Å². The van der Waals surface area contributed by atoms with Gasteiger partial charge in [0.15, 0.2) is 0 Å². The van der Waals surface area contributed by atoms with Gasteiger partial charge < -0.3 is 26.0 Å². The fraction of sp³-hybridized carbons (Fsp3) is 0.320. The normalized spacial score (nSPS) is 20.1. The first-order valence-electron chi connectivity index (χ1n) is 11.5. The van der Waals surface area contributed by atoms with Crippen molar-refractivity contribution in [2.45, 2.75) is 25.4 Å². The molecule has 4 N–H and O–H groups in total. The molecule has 1 saturated heterocycles. The lowest BCUT2D eigenvalue weighted by atomic mass is 9.91. The summed E-state index contributed by atoms with van der Waals surface area (Å²) >= 11 is 6.43. The van der Waals surface area contributed by atoms with Crippen LogP contribution in [0.4, 0.5) is 18.0 Å². The predicted octanol–water partition coefficient (Wildman–Crippen LogP) is 3.38. The van der Waals surface area contributed by atoms with Crippen molar-refractivity contribution in [3.8, 4) is 5.75 Å². The van der Waals surface area contributed by atoms with E-state index in [0.29, 0.717) is 23.5 Å². The number of halogens is 4. The molecule has 2 aliphatic heterocycles. The zero-order chi connectivity index (χ0) is 26.9. The molecule has 8 nitrogen and oxygen atoms in total. The Morgan fingerprint density at radius 2 is 1.86 bits per heavy atom. The van der Waals surface area contributed by atoms with Crippen molar-refractivity contribution in [2.75, 3.05) is 26.7 Å². The van der Waals surface area contributed by atoms with E-state index in [9.17, 15) is 22.8 Å². The number of hydrogen-bond donors (Lipinski definition) is 3. The molecule has 196 valence electrons. The molecule has 3 amide bonds. The van der Waals surface area contributed by atoms with Gasteiger partial charge in [-0.1, -0.05) is 11.6 Å². The molecule has 0 radical (unpaired) electrons. The maximum atomic E-state index is 14.4. The molecule has 0 aromatic heterocycles. The summed E-state index contributed by atoms with van der Waals surface area (Å²) in [6.45, 7) is 2.22. The zero-order valence-electron chi connectivity index (χ0n) is 20.1. The van der Waals surface area contributed by atoms with Gasteiger partial charge in [0.25, 0.3) is 5.91 Å². The van der Waals surface area contributed by atoms with E-state index in [1.807, 2.05) is 0 Å². The minimum Gasteiger partial charge on any atom is -0.490 e. The van der Waals surface area contributed by atoms with Crippen LogP contribution in [0, 0.1) is 17.5 Å². The standard InChI is InChI=1S/C25H25ClF3N5O3/c1-12-22(30)18(23(31-2)13-5-14(27)7-15(28)6-13)3-4-34(12)24(35)19-8-16(29)9-20(21(19)26)37-11-17-10-32-25(36)33-17/h5-9,12,17H,3-4,10-11,30H2,1-2H3,(H2,32,33,36)/t12-,17+/m1/s1. The Labute approximate surface area is 216 Å². The number of nitrogens with two attached hydrogens (primary N) is 1. The molecule has 0 spiro atoms. The van der Waals surface area contributed by atoms with Crippen molar-refractivity contribution in [3.05, 3.63) is 75.2 Å². The fourth-order valence-corrected chi connectivity index (χ4v) is 4.67. The molecule has 0 bridgehead atoms. The minimum absolute atomic E-state index is 0.0223. The van der Waals surface area contributed by atoms with Crippen molar-refractivity contribution in [2.24, 2.45) is 10.7 Å². The van der Waals surface area contributed by atoms with E-state index in [1.54, 1.807) is 6.92 Å². The van der Waals surface area contributed by atoms with E-state index in [1.165, 1.54) is 11.9 Å². The summed E-state index contributed by atoms with van der Waals surface area (Å²) in [5, 5.41) is 5.15. The van der Waals surface area contributed by atoms with Gasteiger partial charge in [-0.25, -0.2) is 18.0 Å². The average Bonchev–Trinajstić information content (AvgIpc) is 3.26. The molecule has 4 rings (SSSR count). The highest BCUT2D eigenvalue weighted by Crippen LogP contribution is 2.33. The topological polar surface area (TPSA) is 109 Å². The van der Waals surface area contributed by atoms with Crippen molar-refractivity contribution in [1.29, 1.82) is 0 Å². The number of urea groups is 1. The number of hydrogen-bond acceptors (Lipinski definition) is 5. The molecular weight excluding hydrogens is 511 g/mol.